The highest BCUT2D eigenvalue weighted by molar-refractivity contribution is 6.33. The van der Waals surface area contributed by atoms with Gasteiger partial charge in [-0.25, -0.2) is 15.0 Å². The van der Waals surface area contributed by atoms with E-state index in [2.05, 4.69) is 15.0 Å². The Labute approximate surface area is 163 Å². The molecule has 0 saturated carbocycles. The third kappa shape index (κ3) is 4.04. The minimum Gasteiger partial charge on any atom is -0.550 e. The standard InChI is InChI=1S/C16H17ClN4O7/c1-7(22)27-4-10-8(2-11(23)24)9(3-12(25)26)16(28-10)21-6-20-13-14(17)18-5-19-15(13)21/h5-6,8-10,16H,2-4H2,1H3,(H,23,24)(H,25,26)/p-2/t8-,9-,10+,16-/m1/s1. The Bertz CT molecular complexity index is 918. The molecule has 1 aliphatic rings. The molecule has 0 aromatic carbocycles. The number of carbonyl (C=O) groups is 3. The van der Waals surface area contributed by atoms with Crippen molar-refractivity contribution in [2.75, 3.05) is 6.61 Å². The van der Waals surface area contributed by atoms with Crippen molar-refractivity contribution in [1.82, 2.24) is 19.5 Å². The van der Waals surface area contributed by atoms with Crippen LogP contribution in [0.25, 0.3) is 11.2 Å². The van der Waals surface area contributed by atoms with Gasteiger partial charge in [0, 0.05) is 30.7 Å². The van der Waals surface area contributed by atoms with Crippen molar-refractivity contribution >= 4 is 40.7 Å². The Morgan fingerprint density at radius 2 is 1.86 bits per heavy atom. The van der Waals surface area contributed by atoms with Gasteiger partial charge in [-0.3, -0.25) is 9.36 Å². The van der Waals surface area contributed by atoms with E-state index in [1.165, 1.54) is 24.1 Å². The smallest absolute Gasteiger partial charge is 0.302 e. The number of nitrogens with zero attached hydrogens (tertiary/aromatic N) is 4. The van der Waals surface area contributed by atoms with Gasteiger partial charge in [0.1, 0.15) is 24.7 Å². The Kier molecular flexibility index (Phi) is 5.75. The highest BCUT2D eigenvalue weighted by Gasteiger charge is 2.46. The van der Waals surface area contributed by atoms with E-state index in [9.17, 15) is 24.6 Å². The molecule has 1 fully saturated rings. The van der Waals surface area contributed by atoms with Gasteiger partial charge >= 0.3 is 5.97 Å². The van der Waals surface area contributed by atoms with E-state index in [4.69, 9.17) is 21.1 Å². The lowest BCUT2D eigenvalue weighted by molar-refractivity contribution is -0.311. The SMILES string of the molecule is CC(=O)OC[C@@H]1O[C@@H](n2cnc3c(Cl)ncnc32)[C@H](CC(=O)[O-])[C@H]1CC(=O)[O-]. The molecule has 0 N–H and O–H groups in total. The molecule has 0 unspecified atom stereocenters. The van der Waals surface area contributed by atoms with E-state index in [0.717, 1.165) is 0 Å². The van der Waals surface area contributed by atoms with Crippen LogP contribution in [0.15, 0.2) is 12.7 Å². The summed E-state index contributed by atoms with van der Waals surface area (Å²) in [6, 6.07) is 0. The maximum absolute atomic E-state index is 11.3. The summed E-state index contributed by atoms with van der Waals surface area (Å²) in [6.45, 7) is 0.955. The maximum atomic E-state index is 11.3. The fourth-order valence-electron chi connectivity index (χ4n) is 3.43. The number of rotatable bonds is 7. The van der Waals surface area contributed by atoms with E-state index in [1.54, 1.807) is 0 Å². The lowest BCUT2D eigenvalue weighted by Gasteiger charge is -2.25. The van der Waals surface area contributed by atoms with Gasteiger partial charge in [0.15, 0.2) is 10.8 Å². The van der Waals surface area contributed by atoms with E-state index < -0.39 is 54.9 Å². The van der Waals surface area contributed by atoms with Crippen LogP contribution in [0.4, 0.5) is 0 Å². The predicted molar refractivity (Wildman–Crippen MR) is 87.1 cm³/mol. The van der Waals surface area contributed by atoms with Gasteiger partial charge in [0.2, 0.25) is 0 Å². The molecule has 3 heterocycles. The zero-order chi connectivity index (χ0) is 20.4. The minimum atomic E-state index is -1.38. The second kappa shape index (κ2) is 8.07. The average molecular weight is 411 g/mol. The Balaban J connectivity index is 2.01. The number of carboxylic acid groups (broad SMARTS) is 2. The summed E-state index contributed by atoms with van der Waals surface area (Å²) in [6.07, 6.45) is -0.228. The van der Waals surface area contributed by atoms with Crippen LogP contribution < -0.4 is 10.2 Å². The van der Waals surface area contributed by atoms with Gasteiger partial charge in [0.25, 0.3) is 0 Å². The van der Waals surface area contributed by atoms with Crippen molar-refractivity contribution in [1.29, 1.82) is 0 Å². The highest BCUT2D eigenvalue weighted by Crippen LogP contribution is 2.44. The number of esters is 1. The van der Waals surface area contributed by atoms with Gasteiger partial charge in [-0.1, -0.05) is 11.6 Å². The molecule has 1 saturated heterocycles. The van der Waals surface area contributed by atoms with E-state index in [-0.39, 0.29) is 22.9 Å². The summed E-state index contributed by atoms with van der Waals surface area (Å²) in [5.74, 6) is -4.97. The molecule has 11 nitrogen and oxygen atoms in total. The Hall–Kier alpha value is -2.79. The van der Waals surface area contributed by atoms with Crippen LogP contribution in [0.5, 0.6) is 0 Å². The van der Waals surface area contributed by atoms with E-state index in [0.29, 0.717) is 0 Å². The quantitative estimate of drug-likeness (QED) is 0.386. The Morgan fingerprint density at radius 1 is 1.18 bits per heavy atom. The summed E-state index contributed by atoms with van der Waals surface area (Å²) in [5, 5.41) is 22.6. The number of hydrogen-bond donors (Lipinski definition) is 0. The first-order chi connectivity index (χ1) is 13.3. The van der Waals surface area contributed by atoms with Gasteiger partial charge in [-0.2, -0.15) is 0 Å². The molecule has 150 valence electrons. The molecule has 0 aliphatic carbocycles. The summed E-state index contributed by atoms with van der Waals surface area (Å²) < 4.78 is 12.3. The average Bonchev–Trinajstić information content (AvgIpc) is 3.16. The van der Waals surface area contributed by atoms with Crippen LogP contribution in [0.2, 0.25) is 5.15 Å². The number of imidazole rings is 1. The van der Waals surface area contributed by atoms with Crippen LogP contribution in [-0.4, -0.2) is 50.1 Å². The topological polar surface area (TPSA) is 159 Å². The number of aromatic nitrogens is 4. The number of hydrogen-bond acceptors (Lipinski definition) is 10. The third-order valence-corrected chi connectivity index (χ3v) is 4.83. The number of aliphatic carboxylic acids is 2. The molecule has 3 rings (SSSR count). The fraction of sp³-hybridized carbons (Fsp3) is 0.500. The van der Waals surface area contributed by atoms with Crippen LogP contribution >= 0.6 is 11.6 Å². The molecule has 12 heteroatoms. The third-order valence-electron chi connectivity index (χ3n) is 4.55. The van der Waals surface area contributed by atoms with Gasteiger partial charge < -0.3 is 29.3 Å². The maximum Gasteiger partial charge on any atom is 0.302 e. The number of carboxylic acids is 2. The highest BCUT2D eigenvalue weighted by atomic mass is 35.5. The van der Waals surface area contributed by atoms with E-state index >= 15 is 0 Å². The number of fused-ring (bicyclic) bond motifs is 1. The van der Waals surface area contributed by atoms with Gasteiger partial charge in [-0.05, 0) is 12.8 Å². The van der Waals surface area contributed by atoms with Crippen molar-refractivity contribution in [3.05, 3.63) is 17.8 Å². The molecule has 2 aromatic rings. The first-order valence-corrected chi connectivity index (χ1v) is 8.67. The molecule has 28 heavy (non-hydrogen) atoms. The van der Waals surface area contributed by atoms with Crippen molar-refractivity contribution in [2.24, 2.45) is 11.8 Å². The zero-order valence-electron chi connectivity index (χ0n) is 14.6. The molecular weight excluding hydrogens is 396 g/mol. The first-order valence-electron chi connectivity index (χ1n) is 8.29. The van der Waals surface area contributed by atoms with Crippen LogP contribution in [0.3, 0.4) is 0 Å². The summed E-state index contributed by atoms with van der Waals surface area (Å²) in [5.41, 5.74) is 0.563. The second-order valence-corrected chi connectivity index (χ2v) is 6.69. The van der Waals surface area contributed by atoms with Gasteiger partial charge in [0.05, 0.1) is 12.4 Å². The second-order valence-electron chi connectivity index (χ2n) is 6.34. The molecule has 2 aromatic heterocycles. The number of carbonyl (C=O) groups excluding carboxylic acids is 3. The predicted octanol–water partition coefficient (Wildman–Crippen LogP) is -1.55. The molecule has 1 aliphatic heterocycles. The lowest BCUT2D eigenvalue weighted by Crippen LogP contribution is -2.36. The lowest BCUT2D eigenvalue weighted by atomic mass is 9.84. The monoisotopic (exact) mass is 410 g/mol. The van der Waals surface area contributed by atoms with Gasteiger partial charge in [-0.15, -0.1) is 0 Å². The van der Waals surface area contributed by atoms with E-state index in [1.807, 2.05) is 0 Å². The molecular formula is C16H15ClN4O7-2. The molecule has 0 amide bonds. The summed E-state index contributed by atoms with van der Waals surface area (Å²) in [4.78, 5) is 45.7. The molecule has 0 spiro atoms. The molecule has 4 atom stereocenters. The fourth-order valence-corrected chi connectivity index (χ4v) is 3.61. The Morgan fingerprint density at radius 3 is 2.50 bits per heavy atom. The zero-order valence-corrected chi connectivity index (χ0v) is 15.4. The first kappa shape index (κ1) is 20.0. The van der Waals surface area contributed by atoms with Crippen LogP contribution in [0, 0.1) is 11.8 Å². The molecule has 0 bridgehead atoms. The van der Waals surface area contributed by atoms with Crippen molar-refractivity contribution in [3.63, 3.8) is 0 Å². The van der Waals surface area contributed by atoms with Crippen LogP contribution in [-0.2, 0) is 23.9 Å². The van der Waals surface area contributed by atoms with Crippen LogP contribution in [0.1, 0.15) is 26.0 Å². The summed E-state index contributed by atoms with van der Waals surface area (Å²) in [7, 11) is 0. The van der Waals surface area contributed by atoms with Crippen molar-refractivity contribution < 1.29 is 34.1 Å². The summed E-state index contributed by atoms with van der Waals surface area (Å²) >= 11 is 5.99. The number of halogens is 1. The van der Waals surface area contributed by atoms with Crippen molar-refractivity contribution in [3.8, 4) is 0 Å². The van der Waals surface area contributed by atoms with Crippen molar-refractivity contribution in [2.45, 2.75) is 32.1 Å². The number of ether oxygens (including phenoxy) is 2. The molecule has 0 radical (unpaired) electrons. The minimum absolute atomic E-state index is 0.0981. The largest absolute Gasteiger partial charge is 0.550 e. The normalized spacial score (nSPS) is 24.4.